The molecule has 7 heteroatoms. The monoisotopic (exact) mass is 381 g/mol. The lowest BCUT2D eigenvalue weighted by Crippen LogP contribution is -2.38. The molecule has 1 unspecified atom stereocenters. The van der Waals surface area contributed by atoms with E-state index in [1.807, 2.05) is 26.0 Å². The zero-order valence-electron chi connectivity index (χ0n) is 16.1. The fourth-order valence-electron chi connectivity index (χ4n) is 2.68. The predicted molar refractivity (Wildman–Crippen MR) is 104 cm³/mol. The summed E-state index contributed by atoms with van der Waals surface area (Å²) in [6, 6.07) is 12.9. The highest BCUT2D eigenvalue weighted by atomic mass is 16.5. The van der Waals surface area contributed by atoms with Crippen LogP contribution in [0.2, 0.25) is 0 Å². The van der Waals surface area contributed by atoms with Crippen LogP contribution in [0.25, 0.3) is 11.5 Å². The topological polar surface area (TPSA) is 86.5 Å². The van der Waals surface area contributed by atoms with Gasteiger partial charge in [-0.05, 0) is 62.2 Å². The van der Waals surface area contributed by atoms with Gasteiger partial charge in [-0.25, -0.2) is 0 Å². The van der Waals surface area contributed by atoms with Gasteiger partial charge in [-0.3, -0.25) is 4.79 Å². The van der Waals surface area contributed by atoms with Crippen LogP contribution in [0.1, 0.15) is 18.1 Å². The normalized spacial score (nSPS) is 11.7. The van der Waals surface area contributed by atoms with E-state index in [0.717, 1.165) is 11.1 Å². The van der Waals surface area contributed by atoms with Crippen molar-refractivity contribution in [2.75, 3.05) is 13.2 Å². The number of carbonyl (C=O) groups excluding carboxylic acids is 1. The van der Waals surface area contributed by atoms with E-state index >= 15 is 0 Å². The second kappa shape index (κ2) is 9.03. The van der Waals surface area contributed by atoms with Gasteiger partial charge in [-0.15, -0.1) is 10.2 Å². The summed E-state index contributed by atoms with van der Waals surface area (Å²) in [5.74, 6) is 1.50. The van der Waals surface area contributed by atoms with E-state index in [-0.39, 0.29) is 12.5 Å². The fourth-order valence-corrected chi connectivity index (χ4v) is 2.68. The highest BCUT2D eigenvalue weighted by Crippen LogP contribution is 2.18. The summed E-state index contributed by atoms with van der Waals surface area (Å²) in [7, 11) is 0. The number of nitrogens with zero attached hydrogens (tertiary/aromatic N) is 2. The Morgan fingerprint density at radius 3 is 2.57 bits per heavy atom. The number of hydrogen-bond donors (Lipinski definition) is 1. The summed E-state index contributed by atoms with van der Waals surface area (Å²) in [6.07, 6.45) is 0.975. The molecule has 0 radical (unpaired) electrons. The highest BCUT2D eigenvalue weighted by Gasteiger charge is 2.14. The standard InChI is InChI=1S/C21H23N3O4/c1-14-11-15(2)13-17(12-14)28-16(3)21(25)22-8-10-27-20-7-6-18(23-24-20)19-5-4-9-26-19/h4-7,9,11-13,16H,8,10H2,1-3H3,(H,22,25). The van der Waals surface area contributed by atoms with Crippen LogP contribution in [0, 0.1) is 13.8 Å². The molecule has 3 rings (SSSR count). The first-order valence-corrected chi connectivity index (χ1v) is 9.04. The van der Waals surface area contributed by atoms with Gasteiger partial charge in [0, 0.05) is 6.07 Å². The van der Waals surface area contributed by atoms with E-state index in [1.165, 1.54) is 0 Å². The Balaban J connectivity index is 1.41. The predicted octanol–water partition coefficient (Wildman–Crippen LogP) is 3.32. The van der Waals surface area contributed by atoms with Gasteiger partial charge in [0.2, 0.25) is 5.88 Å². The number of ether oxygens (including phenoxy) is 2. The van der Waals surface area contributed by atoms with Gasteiger partial charge >= 0.3 is 0 Å². The molecule has 1 N–H and O–H groups in total. The Bertz CT molecular complexity index is 888. The smallest absolute Gasteiger partial charge is 0.260 e. The molecule has 28 heavy (non-hydrogen) atoms. The molecule has 0 aliphatic rings. The maximum Gasteiger partial charge on any atom is 0.260 e. The summed E-state index contributed by atoms with van der Waals surface area (Å²) in [4.78, 5) is 12.2. The summed E-state index contributed by atoms with van der Waals surface area (Å²) in [6.45, 7) is 6.31. The number of amides is 1. The highest BCUT2D eigenvalue weighted by molar-refractivity contribution is 5.80. The first-order chi connectivity index (χ1) is 13.5. The van der Waals surface area contributed by atoms with Crippen molar-refractivity contribution >= 4 is 5.91 Å². The van der Waals surface area contributed by atoms with Gasteiger partial charge in [0.15, 0.2) is 11.9 Å². The fraction of sp³-hybridized carbons (Fsp3) is 0.286. The Morgan fingerprint density at radius 1 is 1.14 bits per heavy atom. The summed E-state index contributed by atoms with van der Waals surface area (Å²) in [5, 5.41) is 10.8. The van der Waals surface area contributed by atoms with Crippen molar-refractivity contribution in [2.24, 2.45) is 0 Å². The molecule has 0 aliphatic heterocycles. The number of aromatic nitrogens is 2. The molecule has 0 fully saturated rings. The van der Waals surface area contributed by atoms with Crippen LogP contribution in [0.5, 0.6) is 11.6 Å². The maximum absolute atomic E-state index is 12.2. The van der Waals surface area contributed by atoms with Crippen molar-refractivity contribution in [1.29, 1.82) is 0 Å². The second-order valence-corrected chi connectivity index (χ2v) is 6.46. The lowest BCUT2D eigenvalue weighted by Gasteiger charge is -2.15. The third-order valence-corrected chi connectivity index (χ3v) is 3.94. The molecule has 1 aromatic carbocycles. The van der Waals surface area contributed by atoms with Crippen molar-refractivity contribution in [3.63, 3.8) is 0 Å². The van der Waals surface area contributed by atoms with Crippen molar-refractivity contribution in [2.45, 2.75) is 26.9 Å². The van der Waals surface area contributed by atoms with Crippen LogP contribution < -0.4 is 14.8 Å². The van der Waals surface area contributed by atoms with Gasteiger partial charge in [0.25, 0.3) is 5.91 Å². The Hall–Kier alpha value is -3.35. The molecule has 3 aromatic rings. The summed E-state index contributed by atoms with van der Waals surface area (Å²) in [5.41, 5.74) is 2.81. The maximum atomic E-state index is 12.2. The molecular formula is C21H23N3O4. The minimum Gasteiger partial charge on any atom is -0.481 e. The van der Waals surface area contributed by atoms with Crippen molar-refractivity contribution in [3.8, 4) is 23.1 Å². The molecule has 2 heterocycles. The van der Waals surface area contributed by atoms with Crippen LogP contribution in [-0.2, 0) is 4.79 Å². The van der Waals surface area contributed by atoms with Crippen LogP contribution >= 0.6 is 0 Å². The molecule has 0 spiro atoms. The third-order valence-electron chi connectivity index (χ3n) is 3.94. The molecule has 0 aliphatic carbocycles. The van der Waals surface area contributed by atoms with E-state index in [4.69, 9.17) is 13.9 Å². The molecule has 146 valence electrons. The van der Waals surface area contributed by atoms with E-state index in [2.05, 4.69) is 21.6 Å². The minimum atomic E-state index is -0.603. The Labute approximate surface area is 163 Å². The first-order valence-electron chi connectivity index (χ1n) is 9.04. The van der Waals surface area contributed by atoms with Crippen molar-refractivity contribution in [3.05, 3.63) is 59.9 Å². The van der Waals surface area contributed by atoms with Gasteiger partial charge in [-0.2, -0.15) is 0 Å². The van der Waals surface area contributed by atoms with Crippen molar-refractivity contribution in [1.82, 2.24) is 15.5 Å². The van der Waals surface area contributed by atoms with Gasteiger partial charge in [-0.1, -0.05) is 6.07 Å². The number of furan rings is 1. The third kappa shape index (κ3) is 5.33. The Kier molecular flexibility index (Phi) is 6.26. The van der Waals surface area contributed by atoms with E-state index in [0.29, 0.717) is 29.6 Å². The zero-order chi connectivity index (χ0) is 19.9. The minimum absolute atomic E-state index is 0.206. The molecule has 1 atom stereocenters. The van der Waals surface area contributed by atoms with Crippen molar-refractivity contribution < 1.29 is 18.7 Å². The number of nitrogens with one attached hydrogen (secondary N) is 1. The van der Waals surface area contributed by atoms with Gasteiger partial charge in [0.05, 0.1) is 12.8 Å². The summed E-state index contributed by atoms with van der Waals surface area (Å²) >= 11 is 0. The lowest BCUT2D eigenvalue weighted by atomic mass is 10.1. The van der Waals surface area contributed by atoms with Gasteiger partial charge in [0.1, 0.15) is 18.1 Å². The molecule has 0 bridgehead atoms. The SMILES string of the molecule is Cc1cc(C)cc(OC(C)C(=O)NCCOc2ccc(-c3ccco3)nn2)c1. The molecule has 0 saturated carbocycles. The van der Waals surface area contributed by atoms with E-state index in [1.54, 1.807) is 37.5 Å². The number of rotatable bonds is 8. The zero-order valence-corrected chi connectivity index (χ0v) is 16.1. The Morgan fingerprint density at radius 2 is 1.93 bits per heavy atom. The number of carbonyl (C=O) groups is 1. The quantitative estimate of drug-likeness (QED) is 0.603. The van der Waals surface area contributed by atoms with Crippen LogP contribution in [0.3, 0.4) is 0 Å². The van der Waals surface area contributed by atoms with Gasteiger partial charge < -0.3 is 19.2 Å². The van der Waals surface area contributed by atoms with Crippen LogP contribution in [-0.4, -0.2) is 35.4 Å². The van der Waals surface area contributed by atoms with E-state index < -0.39 is 6.10 Å². The van der Waals surface area contributed by atoms with Crippen LogP contribution in [0.15, 0.2) is 53.1 Å². The number of aryl methyl sites for hydroxylation is 2. The summed E-state index contributed by atoms with van der Waals surface area (Å²) < 4.78 is 16.5. The lowest BCUT2D eigenvalue weighted by molar-refractivity contribution is -0.127. The largest absolute Gasteiger partial charge is 0.481 e. The van der Waals surface area contributed by atoms with E-state index in [9.17, 15) is 4.79 Å². The average Bonchev–Trinajstić information content (AvgIpc) is 3.19. The molecule has 1 amide bonds. The average molecular weight is 381 g/mol. The number of benzene rings is 1. The number of hydrogen-bond acceptors (Lipinski definition) is 6. The molecule has 2 aromatic heterocycles. The molecule has 0 saturated heterocycles. The van der Waals surface area contributed by atoms with Crippen LogP contribution in [0.4, 0.5) is 0 Å². The first kappa shape index (κ1) is 19.4. The second-order valence-electron chi connectivity index (χ2n) is 6.46. The molecule has 7 nitrogen and oxygen atoms in total. The molecular weight excluding hydrogens is 358 g/mol.